The summed E-state index contributed by atoms with van der Waals surface area (Å²) in [6.07, 6.45) is 0.332. The van der Waals surface area contributed by atoms with Gasteiger partial charge in [0.1, 0.15) is 0 Å². The second-order valence-electron chi connectivity index (χ2n) is 26.4. The minimum Gasteiger partial charge on any atom is -0.389 e. The summed E-state index contributed by atoms with van der Waals surface area (Å²) in [7, 11) is 0. The predicted octanol–water partition coefficient (Wildman–Crippen LogP) is 15.8. The molecule has 546 valence electrons. The van der Waals surface area contributed by atoms with E-state index in [0.717, 1.165) is 77.9 Å². The van der Waals surface area contributed by atoms with Crippen LogP contribution in [0, 0.1) is 27.7 Å². The van der Waals surface area contributed by atoms with Gasteiger partial charge in [0.25, 0.3) is 23.6 Å². The summed E-state index contributed by atoms with van der Waals surface area (Å²) in [6, 6.07) is 39.8. The number of pyridine rings is 3. The van der Waals surface area contributed by atoms with E-state index in [1.54, 1.807) is 111 Å². The quantitative estimate of drug-likeness (QED) is 0.109. The zero-order valence-electron chi connectivity index (χ0n) is 58.0. The Balaban J connectivity index is 0.000000193. The molecule has 3 fully saturated rings. The van der Waals surface area contributed by atoms with Gasteiger partial charge in [0.05, 0.1) is 22.3 Å². The van der Waals surface area contributed by atoms with Gasteiger partial charge >= 0.3 is 30.8 Å². The number of hydrogen-bond donors (Lipinski definition) is 2. The fourth-order valence-electron chi connectivity index (χ4n) is 12.8. The van der Waals surface area contributed by atoms with Crippen molar-refractivity contribution in [1.82, 2.24) is 35.0 Å². The molecule has 2 N–H and O–H groups in total. The first-order valence-electron chi connectivity index (χ1n) is 33.2. The Morgan fingerprint density at radius 1 is 0.448 bits per heavy atom. The van der Waals surface area contributed by atoms with Gasteiger partial charge in [-0.05, 0) is 224 Å². The minimum atomic E-state index is -4.55. The van der Waals surface area contributed by atoms with E-state index in [1.165, 1.54) is 32.0 Å². The van der Waals surface area contributed by atoms with Crippen LogP contribution in [-0.2, 0) is 37.7 Å². The standard InChI is InChI=1S/C29H30F3N3O3.C25H23F3N2O.C24H21F3N2O.2CO2/c1-18-11-22(13-23(12-18)29(30,31)32)24-7-6-19(14-25(24)26(36)34-17-28(2,3)38)27(37)35-10-8-21(16-35)20-5-4-9-33-15-20;1-16-10-21(13-22(11-16)25(26,27)28)23-6-5-18(12-17(23)2)24(31)30-9-7-20(15-30)19-4-3-8-29-14-19;1-16-11-21(13-22(12-16)24(25,26)27)17-4-6-18(7-5-17)23(30)29-10-8-20(15-29)19-3-2-9-28-14-19;2*2-1-3/h4-7,9,11-15,21,38H,8,10,16-17H2,1-3H3,(H,34,36);3-6,8,10-14,20H,7,9,15H2,1-2H3;2-7,9,11-14,20H,8,10,15H2,1H3;;. The van der Waals surface area contributed by atoms with Gasteiger partial charge in [-0.1, -0.05) is 60.7 Å². The SMILES string of the molecule is Cc1cc(-c2ccc(C(=O)N3CCC(c4cccnc4)C3)cc2)cc(C(F)(F)F)c1.Cc1cc(-c2ccc(C(=O)N3CCC(c4cccnc4)C3)cc2C(=O)NCC(C)(C)O)cc(C(F)(F)F)c1.Cc1cc(-c2ccc(C(=O)N3CCC(c4cccnc4)C3)cc2C)cc(C(F)(F)F)c1.O=C=O.O=C=O. The fourth-order valence-corrected chi connectivity index (χ4v) is 12.8. The average Bonchev–Trinajstić information content (AvgIpc) is 1.54. The van der Waals surface area contributed by atoms with Crippen LogP contribution in [0.5, 0.6) is 0 Å². The van der Waals surface area contributed by atoms with Crippen LogP contribution in [-0.4, -0.2) is 122 Å². The molecule has 12 rings (SSSR count). The maximum Gasteiger partial charge on any atom is 0.416 e. The lowest BCUT2D eigenvalue weighted by Gasteiger charge is -2.20. The monoisotopic (exact) mass is 1450 g/mol. The Morgan fingerprint density at radius 3 is 1.15 bits per heavy atom. The minimum absolute atomic E-state index is 0.0544. The summed E-state index contributed by atoms with van der Waals surface area (Å²) in [5.74, 6) is -0.286. The van der Waals surface area contributed by atoms with E-state index >= 15 is 0 Å². The van der Waals surface area contributed by atoms with Gasteiger partial charge in [-0.25, -0.2) is 0 Å². The maximum atomic E-state index is 13.5. The highest BCUT2D eigenvalue weighted by Gasteiger charge is 2.36. The lowest BCUT2D eigenvalue weighted by Crippen LogP contribution is -2.38. The predicted molar refractivity (Wildman–Crippen MR) is 371 cm³/mol. The first-order chi connectivity index (χ1) is 49.7. The molecule has 0 aliphatic carbocycles. The van der Waals surface area contributed by atoms with Crippen LogP contribution < -0.4 is 5.32 Å². The number of amides is 4. The number of rotatable bonds is 12. The highest BCUT2D eigenvalue weighted by atomic mass is 19.4. The number of benzene rings is 6. The highest BCUT2D eigenvalue weighted by Crippen LogP contribution is 2.39. The summed E-state index contributed by atoms with van der Waals surface area (Å²) >= 11 is 0. The molecule has 3 saturated heterocycles. The van der Waals surface area contributed by atoms with Gasteiger partial charge < -0.3 is 25.1 Å². The summed E-state index contributed by atoms with van der Waals surface area (Å²) in [6.45, 7) is 13.3. The van der Waals surface area contributed by atoms with Crippen molar-refractivity contribution < 1.29 is 83.0 Å². The van der Waals surface area contributed by atoms with Gasteiger partial charge in [-0.3, -0.25) is 34.1 Å². The molecule has 6 aromatic carbocycles. The van der Waals surface area contributed by atoms with Gasteiger partial charge in [-0.2, -0.15) is 58.7 Å². The first-order valence-corrected chi connectivity index (χ1v) is 33.2. The number of nitrogens with zero attached hydrogens (tertiary/aromatic N) is 6. The number of aromatic nitrogens is 3. The van der Waals surface area contributed by atoms with Crippen molar-refractivity contribution in [1.29, 1.82) is 0 Å². The third-order valence-corrected chi connectivity index (χ3v) is 17.9. The van der Waals surface area contributed by atoms with Crippen LogP contribution in [0.2, 0.25) is 0 Å². The molecule has 3 aromatic heterocycles. The largest absolute Gasteiger partial charge is 0.416 e. The van der Waals surface area contributed by atoms with E-state index < -0.39 is 46.7 Å². The van der Waals surface area contributed by atoms with E-state index in [-0.39, 0.29) is 76.6 Å². The molecular weight excluding hydrogens is 1370 g/mol. The normalized spacial score (nSPS) is 15.6. The fraction of sp³-hybridized carbons (Fsp3) is 0.287. The molecule has 3 aliphatic heterocycles. The number of aryl methyl sites for hydroxylation is 4. The van der Waals surface area contributed by atoms with E-state index in [4.69, 9.17) is 19.2 Å². The summed E-state index contributed by atoms with van der Waals surface area (Å²) in [5.41, 5.74) is 6.39. The van der Waals surface area contributed by atoms with E-state index in [0.29, 0.717) is 89.3 Å². The third-order valence-electron chi connectivity index (χ3n) is 17.9. The first kappa shape index (κ1) is 79.4. The molecule has 3 atom stereocenters. The molecule has 3 aliphatic rings. The summed E-state index contributed by atoms with van der Waals surface area (Å²) < 4.78 is 119. The summed E-state index contributed by atoms with van der Waals surface area (Å²) in [5, 5.41) is 12.7. The number of aliphatic hydroxyl groups is 1. The van der Waals surface area contributed by atoms with Gasteiger partial charge in [0.2, 0.25) is 0 Å². The molecular formula is C80H74F9N7O9. The number of alkyl halides is 9. The van der Waals surface area contributed by atoms with Crippen molar-refractivity contribution in [2.75, 3.05) is 45.8 Å². The molecule has 105 heavy (non-hydrogen) atoms. The Bertz CT molecular complexity index is 4590. The molecule has 16 nitrogen and oxygen atoms in total. The smallest absolute Gasteiger partial charge is 0.389 e. The summed E-state index contributed by atoms with van der Waals surface area (Å²) in [4.78, 5) is 103. The molecule has 6 heterocycles. The average molecular weight is 1450 g/mol. The third kappa shape index (κ3) is 21.7. The van der Waals surface area contributed by atoms with Crippen molar-refractivity contribution in [3.63, 3.8) is 0 Å². The topological polar surface area (TPSA) is 217 Å². The number of hydrogen-bond acceptors (Lipinski definition) is 12. The number of carbonyl (C=O) groups is 4. The Morgan fingerprint density at radius 2 is 0.790 bits per heavy atom. The lowest BCUT2D eigenvalue weighted by atomic mass is 9.93. The van der Waals surface area contributed by atoms with Crippen LogP contribution in [0.1, 0.15) is 148 Å². The molecule has 25 heteroatoms. The van der Waals surface area contributed by atoms with E-state index in [1.807, 2.05) is 65.5 Å². The second-order valence-corrected chi connectivity index (χ2v) is 26.4. The molecule has 9 aromatic rings. The highest BCUT2D eigenvalue weighted by molar-refractivity contribution is 6.05. The zero-order chi connectivity index (χ0) is 76.6. The Hall–Kier alpha value is -11.3. The molecule has 0 spiro atoms. The Kier molecular flexibility index (Phi) is 26.3. The van der Waals surface area contributed by atoms with Crippen LogP contribution in [0.3, 0.4) is 0 Å². The molecule has 0 saturated carbocycles. The molecule has 4 amide bonds. The van der Waals surface area contributed by atoms with Crippen LogP contribution >= 0.6 is 0 Å². The number of likely N-dealkylation sites (tertiary alicyclic amines) is 3. The second kappa shape index (κ2) is 34.8. The van der Waals surface area contributed by atoms with Crippen molar-refractivity contribution >= 4 is 35.9 Å². The van der Waals surface area contributed by atoms with E-state index in [9.17, 15) is 63.8 Å². The van der Waals surface area contributed by atoms with Crippen LogP contribution in [0.15, 0.2) is 189 Å². The maximum absolute atomic E-state index is 13.5. The number of halogens is 9. The Labute approximate surface area is 600 Å². The molecule has 0 radical (unpaired) electrons. The van der Waals surface area contributed by atoms with Crippen molar-refractivity contribution in [3.05, 3.63) is 267 Å². The zero-order valence-corrected chi connectivity index (χ0v) is 58.0. The van der Waals surface area contributed by atoms with E-state index in [2.05, 4.69) is 20.3 Å². The van der Waals surface area contributed by atoms with Gasteiger partial charge in [0.15, 0.2) is 0 Å². The van der Waals surface area contributed by atoms with Crippen molar-refractivity contribution in [2.45, 2.75) is 103 Å². The number of nitrogens with one attached hydrogen (secondary N) is 1. The van der Waals surface area contributed by atoms with Crippen LogP contribution in [0.25, 0.3) is 33.4 Å². The van der Waals surface area contributed by atoms with Gasteiger partial charge in [-0.15, -0.1) is 0 Å². The van der Waals surface area contributed by atoms with Crippen molar-refractivity contribution in [3.8, 4) is 33.4 Å². The lowest BCUT2D eigenvalue weighted by molar-refractivity contribution is -0.193. The molecule has 0 bridgehead atoms. The van der Waals surface area contributed by atoms with Gasteiger partial charge in [0, 0.05) is 123 Å². The van der Waals surface area contributed by atoms with Crippen LogP contribution in [0.4, 0.5) is 39.5 Å². The molecule has 3 unspecified atom stereocenters. The number of carbonyl (C=O) groups excluding carboxylic acids is 8. The van der Waals surface area contributed by atoms with Crippen molar-refractivity contribution in [2.24, 2.45) is 0 Å².